The van der Waals surface area contributed by atoms with Gasteiger partial charge in [0, 0.05) is 40.9 Å². The van der Waals surface area contributed by atoms with Gasteiger partial charge in [-0.1, -0.05) is 73.3 Å². The highest BCUT2D eigenvalue weighted by Gasteiger charge is 2.34. The summed E-state index contributed by atoms with van der Waals surface area (Å²) in [5.41, 5.74) is 2.72. The van der Waals surface area contributed by atoms with Gasteiger partial charge < -0.3 is 24.8 Å². The fraction of sp³-hybridized carbons (Fsp3) is 0.316. The molecule has 2 N–H and O–H groups in total. The molecule has 0 spiro atoms. The number of anilines is 1. The van der Waals surface area contributed by atoms with Crippen LogP contribution >= 0.6 is 11.8 Å². The third-order valence-corrected chi connectivity index (χ3v) is 9.37. The summed E-state index contributed by atoms with van der Waals surface area (Å²) in [6.07, 6.45) is -0.207. The fourth-order valence-electron chi connectivity index (χ4n) is 5.75. The van der Waals surface area contributed by atoms with Crippen LogP contribution in [0.3, 0.4) is 0 Å². The van der Waals surface area contributed by atoms with Gasteiger partial charge in [-0.2, -0.15) is 0 Å². The van der Waals surface area contributed by atoms with Crippen LogP contribution in [0.1, 0.15) is 35.3 Å². The molecule has 0 saturated carbocycles. The summed E-state index contributed by atoms with van der Waals surface area (Å²) in [5.74, 6) is 0.415. The SMILES string of the molecule is COc1ccccc1CC(=O)Nc1cccc2c1O[C@H](CN(C)Cc1ccc(Sc3ccccc3)cc1)[C@H](C)CN(C(C)CO)C2=O. The van der Waals surface area contributed by atoms with Gasteiger partial charge in [0.05, 0.1) is 37.4 Å². The molecule has 3 atom stereocenters. The summed E-state index contributed by atoms with van der Waals surface area (Å²) in [6, 6.07) is 31.1. The number of hydrogen-bond acceptors (Lipinski definition) is 7. The molecule has 2 amide bonds. The quantitative estimate of drug-likeness (QED) is 0.183. The number of para-hydroxylation sites is 2. The van der Waals surface area contributed by atoms with Crippen molar-refractivity contribution < 1.29 is 24.2 Å². The Balaban J connectivity index is 1.35. The predicted octanol–water partition coefficient (Wildman–Crippen LogP) is 6.38. The average molecular weight is 654 g/mol. The molecule has 1 aliphatic rings. The Hall–Kier alpha value is -4.31. The lowest BCUT2D eigenvalue weighted by Crippen LogP contribution is -2.49. The maximum Gasteiger partial charge on any atom is 0.258 e. The summed E-state index contributed by atoms with van der Waals surface area (Å²) in [5, 5.41) is 13.0. The Kier molecular flexibility index (Phi) is 11.6. The molecule has 0 bridgehead atoms. The molecule has 0 saturated heterocycles. The number of carbonyl (C=O) groups is 2. The third-order valence-electron chi connectivity index (χ3n) is 8.36. The van der Waals surface area contributed by atoms with Crippen molar-refractivity contribution in [2.75, 3.05) is 39.2 Å². The highest BCUT2D eigenvalue weighted by atomic mass is 32.2. The number of aliphatic hydroxyl groups excluding tert-OH is 1. The van der Waals surface area contributed by atoms with Crippen LogP contribution in [-0.2, 0) is 17.8 Å². The average Bonchev–Trinajstić information content (AvgIpc) is 3.08. The number of ether oxygens (including phenoxy) is 2. The van der Waals surface area contributed by atoms with Crippen molar-refractivity contribution in [3.8, 4) is 11.5 Å². The van der Waals surface area contributed by atoms with Crippen LogP contribution in [0, 0.1) is 5.92 Å². The molecular formula is C38H43N3O5S. The highest BCUT2D eigenvalue weighted by Crippen LogP contribution is 2.35. The summed E-state index contributed by atoms with van der Waals surface area (Å²) < 4.78 is 12.1. The van der Waals surface area contributed by atoms with Gasteiger partial charge in [0.25, 0.3) is 5.91 Å². The van der Waals surface area contributed by atoms with Crippen molar-refractivity contribution in [2.24, 2.45) is 5.92 Å². The molecule has 0 radical (unpaired) electrons. The summed E-state index contributed by atoms with van der Waals surface area (Å²) in [4.78, 5) is 33.4. The summed E-state index contributed by atoms with van der Waals surface area (Å²) >= 11 is 1.73. The van der Waals surface area contributed by atoms with Gasteiger partial charge in [0.15, 0.2) is 5.75 Å². The van der Waals surface area contributed by atoms with Crippen molar-refractivity contribution in [3.63, 3.8) is 0 Å². The molecular weight excluding hydrogens is 611 g/mol. The van der Waals surface area contributed by atoms with Crippen molar-refractivity contribution in [3.05, 3.63) is 114 Å². The van der Waals surface area contributed by atoms with Crippen molar-refractivity contribution in [1.82, 2.24) is 9.80 Å². The minimum absolute atomic E-state index is 0.0643. The lowest BCUT2D eigenvalue weighted by molar-refractivity contribution is -0.115. The van der Waals surface area contributed by atoms with Crippen LogP contribution in [0.25, 0.3) is 0 Å². The molecule has 4 aromatic carbocycles. The Morgan fingerprint density at radius 1 is 1.02 bits per heavy atom. The van der Waals surface area contributed by atoms with Gasteiger partial charge in [-0.3, -0.25) is 14.5 Å². The Morgan fingerprint density at radius 3 is 2.45 bits per heavy atom. The van der Waals surface area contributed by atoms with Crippen molar-refractivity contribution in [1.29, 1.82) is 0 Å². The number of methoxy groups -OCH3 is 1. The number of benzene rings is 4. The highest BCUT2D eigenvalue weighted by molar-refractivity contribution is 7.99. The second-order valence-corrected chi connectivity index (χ2v) is 13.2. The monoisotopic (exact) mass is 653 g/mol. The molecule has 47 heavy (non-hydrogen) atoms. The van der Waals surface area contributed by atoms with E-state index >= 15 is 0 Å². The van der Waals surface area contributed by atoms with Gasteiger partial charge in [0.2, 0.25) is 5.91 Å². The second-order valence-electron chi connectivity index (χ2n) is 12.1. The van der Waals surface area contributed by atoms with E-state index in [0.717, 1.165) is 5.56 Å². The normalized spacial score (nSPS) is 16.9. The largest absolute Gasteiger partial charge is 0.496 e. The van der Waals surface area contributed by atoms with Crippen LogP contribution in [0.2, 0.25) is 0 Å². The van der Waals surface area contributed by atoms with E-state index in [-0.39, 0.29) is 42.9 Å². The molecule has 0 aliphatic carbocycles. The van der Waals surface area contributed by atoms with Crippen LogP contribution in [0.15, 0.2) is 107 Å². The minimum Gasteiger partial charge on any atom is -0.496 e. The first kappa shape index (κ1) is 34.0. The first-order chi connectivity index (χ1) is 22.7. The Morgan fingerprint density at radius 2 is 1.72 bits per heavy atom. The zero-order valence-corrected chi connectivity index (χ0v) is 28.2. The molecule has 1 heterocycles. The van der Waals surface area contributed by atoms with E-state index in [0.29, 0.717) is 42.4 Å². The third kappa shape index (κ3) is 8.74. The van der Waals surface area contributed by atoms with Crippen molar-refractivity contribution >= 4 is 29.3 Å². The molecule has 1 unspecified atom stereocenters. The first-order valence-electron chi connectivity index (χ1n) is 15.9. The number of rotatable bonds is 12. The van der Waals surface area contributed by atoms with Crippen molar-refractivity contribution in [2.45, 2.75) is 48.7 Å². The first-order valence-corrected chi connectivity index (χ1v) is 16.7. The van der Waals surface area contributed by atoms with Gasteiger partial charge in [-0.15, -0.1) is 0 Å². The van der Waals surface area contributed by atoms with E-state index in [1.807, 2.05) is 49.4 Å². The maximum absolute atomic E-state index is 13.9. The molecule has 8 nitrogen and oxygen atoms in total. The number of hydrogen-bond donors (Lipinski definition) is 2. The number of likely N-dealkylation sites (N-methyl/N-ethyl adjacent to an activating group) is 1. The number of nitrogens with zero attached hydrogens (tertiary/aromatic N) is 2. The fourth-order valence-corrected chi connectivity index (χ4v) is 6.58. The summed E-state index contributed by atoms with van der Waals surface area (Å²) in [6.45, 7) is 5.46. The molecule has 0 aromatic heterocycles. The van der Waals surface area contributed by atoms with E-state index in [4.69, 9.17) is 9.47 Å². The van der Waals surface area contributed by atoms with E-state index in [1.165, 1.54) is 15.4 Å². The lowest BCUT2D eigenvalue weighted by atomic mass is 9.98. The lowest BCUT2D eigenvalue weighted by Gasteiger charge is -2.38. The van der Waals surface area contributed by atoms with E-state index in [2.05, 4.69) is 60.6 Å². The maximum atomic E-state index is 13.9. The number of carbonyl (C=O) groups excluding carboxylic acids is 2. The molecule has 9 heteroatoms. The number of amides is 2. The minimum atomic E-state index is -0.384. The Labute approximate surface area is 281 Å². The molecule has 0 fully saturated rings. The number of nitrogens with one attached hydrogen (secondary N) is 1. The predicted molar refractivity (Wildman–Crippen MR) is 186 cm³/mol. The van der Waals surface area contributed by atoms with E-state index in [9.17, 15) is 14.7 Å². The van der Waals surface area contributed by atoms with Gasteiger partial charge in [0.1, 0.15) is 11.9 Å². The van der Waals surface area contributed by atoms with Gasteiger partial charge >= 0.3 is 0 Å². The molecule has 5 rings (SSSR count). The van der Waals surface area contributed by atoms with Crippen LogP contribution in [-0.4, -0.2) is 72.7 Å². The van der Waals surface area contributed by atoms with Gasteiger partial charge in [-0.05, 0) is 62.0 Å². The van der Waals surface area contributed by atoms with Gasteiger partial charge in [-0.25, -0.2) is 0 Å². The molecule has 4 aromatic rings. The topological polar surface area (TPSA) is 91.3 Å². The van der Waals surface area contributed by atoms with E-state index in [1.54, 1.807) is 42.0 Å². The second kappa shape index (κ2) is 16.0. The zero-order valence-electron chi connectivity index (χ0n) is 27.4. The standard InChI is InChI=1S/C38H43N3O5S/c1-26-22-41(27(2)25-42)38(44)32-14-10-15-33(39-36(43)21-29-11-8-9-16-34(29)45-4)37(32)46-35(26)24-40(3)23-28-17-19-31(20-18-28)47-30-12-6-5-7-13-30/h5-20,26-27,35,42H,21-25H2,1-4H3,(H,39,43)/t26-,27?,35-/m1/s1. The van der Waals surface area contributed by atoms with Crippen LogP contribution < -0.4 is 14.8 Å². The number of aliphatic hydroxyl groups is 1. The molecule has 1 aliphatic heterocycles. The smallest absolute Gasteiger partial charge is 0.258 e. The van der Waals surface area contributed by atoms with Crippen LogP contribution in [0.5, 0.6) is 11.5 Å². The Bertz CT molecular complexity index is 1650. The summed E-state index contributed by atoms with van der Waals surface area (Å²) in [7, 11) is 3.64. The number of fused-ring (bicyclic) bond motifs is 1. The molecule has 246 valence electrons. The van der Waals surface area contributed by atoms with Crippen LogP contribution in [0.4, 0.5) is 5.69 Å². The zero-order chi connectivity index (χ0) is 33.3. The van der Waals surface area contributed by atoms with E-state index < -0.39 is 0 Å².